The van der Waals surface area contributed by atoms with Crippen LogP contribution in [0.5, 0.6) is 0 Å². The lowest BCUT2D eigenvalue weighted by Crippen LogP contribution is -2.59. The molecule has 0 radical (unpaired) electrons. The van der Waals surface area contributed by atoms with Gasteiger partial charge < -0.3 is 14.0 Å². The summed E-state index contributed by atoms with van der Waals surface area (Å²) in [6.45, 7) is -0.00681. The lowest BCUT2D eigenvalue weighted by Gasteiger charge is -2.36. The van der Waals surface area contributed by atoms with Gasteiger partial charge in [-0.25, -0.2) is 0 Å². The van der Waals surface area contributed by atoms with Crippen LogP contribution in [0.2, 0.25) is 0 Å². The molecule has 0 N–H and O–H groups in total. The average Bonchev–Trinajstić information content (AvgIpc) is 3.89. The van der Waals surface area contributed by atoms with Crippen LogP contribution in [0, 0.1) is 0 Å². The Morgan fingerprint density at radius 2 is 0.677 bits per heavy atom. The number of anilines is 3. The van der Waals surface area contributed by atoms with Crippen LogP contribution in [0.3, 0.4) is 0 Å². The van der Waals surface area contributed by atoms with E-state index in [2.05, 4.69) is 245 Å². The summed E-state index contributed by atoms with van der Waals surface area (Å²) >= 11 is 0. The summed E-state index contributed by atoms with van der Waals surface area (Å²) < 4.78 is 5.23. The SMILES string of the molecule is c1ccc(-c2c(-c3ccccc3)n3c4c(cccc24)B2c4c-3cc(N(c3ccccc3)c3ccccc3)cc4-n3c(-c4ccccc4)c(-c4ccccc4)c4cccc2c43)cc1. The smallest absolute Gasteiger partial charge is 0.252 e. The second-order valence-electron chi connectivity index (χ2n) is 16.4. The van der Waals surface area contributed by atoms with Gasteiger partial charge in [0.15, 0.2) is 0 Å². The zero-order valence-corrected chi connectivity index (χ0v) is 33.9. The van der Waals surface area contributed by atoms with Crippen LogP contribution >= 0.6 is 0 Å². The van der Waals surface area contributed by atoms with E-state index < -0.39 is 0 Å². The lowest BCUT2D eigenvalue weighted by molar-refractivity contribution is 1.10. The maximum absolute atomic E-state index is 2.62. The average molecular weight is 788 g/mol. The van der Waals surface area contributed by atoms with Gasteiger partial charge in [-0.3, -0.25) is 0 Å². The summed E-state index contributed by atoms with van der Waals surface area (Å²) in [6.07, 6.45) is 0. The first-order valence-corrected chi connectivity index (χ1v) is 21.5. The molecule has 3 nitrogen and oxygen atoms in total. The molecule has 0 fully saturated rings. The monoisotopic (exact) mass is 787 g/mol. The Hall–Kier alpha value is -8.08. The highest BCUT2D eigenvalue weighted by Crippen LogP contribution is 2.49. The van der Waals surface area contributed by atoms with Crippen molar-refractivity contribution in [3.05, 3.63) is 231 Å². The van der Waals surface area contributed by atoms with Crippen molar-refractivity contribution in [2.24, 2.45) is 0 Å². The lowest BCUT2D eigenvalue weighted by atomic mass is 9.34. The number of hydrogen-bond donors (Lipinski definition) is 0. The number of rotatable bonds is 7. The van der Waals surface area contributed by atoms with Gasteiger partial charge >= 0.3 is 0 Å². The second-order valence-corrected chi connectivity index (χ2v) is 16.4. The van der Waals surface area contributed by atoms with Crippen LogP contribution in [0.4, 0.5) is 17.1 Å². The van der Waals surface area contributed by atoms with Crippen molar-refractivity contribution in [2.45, 2.75) is 0 Å². The van der Waals surface area contributed by atoms with Crippen molar-refractivity contribution in [3.63, 3.8) is 0 Å². The fourth-order valence-corrected chi connectivity index (χ4v) is 10.7. The van der Waals surface area contributed by atoms with Crippen LogP contribution < -0.4 is 21.3 Å². The Bertz CT molecular complexity index is 3260. The molecule has 4 heteroatoms. The van der Waals surface area contributed by atoms with Gasteiger partial charge in [0.2, 0.25) is 0 Å². The minimum Gasteiger partial charge on any atom is -0.310 e. The highest BCUT2D eigenvalue weighted by Gasteiger charge is 2.43. The van der Waals surface area contributed by atoms with E-state index in [0.717, 1.165) is 17.1 Å². The molecular weight excluding hydrogens is 749 g/mol. The number of para-hydroxylation sites is 4. The van der Waals surface area contributed by atoms with E-state index in [9.17, 15) is 0 Å². The maximum atomic E-state index is 2.62. The molecule has 0 bridgehead atoms. The molecule has 0 atom stereocenters. The Morgan fingerprint density at radius 3 is 1.06 bits per heavy atom. The normalized spacial score (nSPS) is 12.2. The summed E-state index contributed by atoms with van der Waals surface area (Å²) in [7, 11) is 0. The fraction of sp³-hybridized carbons (Fsp3) is 0. The van der Waals surface area contributed by atoms with Gasteiger partial charge in [-0.15, -0.1) is 0 Å². The van der Waals surface area contributed by atoms with E-state index in [0.29, 0.717) is 0 Å². The second kappa shape index (κ2) is 13.7. The molecule has 2 aliphatic heterocycles. The standard InChI is InChI=1S/C58H38BN3/c1-7-21-39(22-8-1)52-46-33-19-35-48-57(46)61(55(52)41-25-11-3-12-26-41)50-37-45(60(43-29-15-5-16-30-43)44-31-17-6-18-32-44)38-51-54(50)59(48)49-36-20-34-47-53(40-23-9-2-10-24-40)56(62(51)58(47)49)42-27-13-4-14-28-42/h1-38H. The molecule has 62 heavy (non-hydrogen) atoms. The van der Waals surface area contributed by atoms with E-state index >= 15 is 0 Å². The van der Waals surface area contributed by atoms with E-state index in [1.54, 1.807) is 0 Å². The quantitative estimate of drug-likeness (QED) is 0.147. The molecule has 0 saturated carbocycles. The van der Waals surface area contributed by atoms with E-state index in [1.165, 1.54) is 94.3 Å². The molecule has 0 spiro atoms. The zero-order valence-electron chi connectivity index (χ0n) is 33.9. The van der Waals surface area contributed by atoms with Crippen molar-refractivity contribution in [1.82, 2.24) is 9.13 Å². The Labute approximate surface area is 361 Å². The van der Waals surface area contributed by atoms with Crippen molar-refractivity contribution < 1.29 is 0 Å². The highest BCUT2D eigenvalue weighted by atomic mass is 15.2. The largest absolute Gasteiger partial charge is 0.310 e. The molecule has 9 aromatic carbocycles. The fourth-order valence-electron chi connectivity index (χ4n) is 10.7. The van der Waals surface area contributed by atoms with Crippen LogP contribution in [0.15, 0.2) is 231 Å². The molecule has 0 aliphatic carbocycles. The third-order valence-electron chi connectivity index (χ3n) is 13.1. The van der Waals surface area contributed by atoms with E-state index in [4.69, 9.17) is 0 Å². The summed E-state index contributed by atoms with van der Waals surface area (Å²) in [5.74, 6) is 0. The number of aromatic nitrogens is 2. The predicted octanol–water partition coefficient (Wildman–Crippen LogP) is 12.9. The van der Waals surface area contributed by atoms with Crippen molar-refractivity contribution >= 4 is 62.0 Å². The van der Waals surface area contributed by atoms with Gasteiger partial charge in [0, 0.05) is 55.7 Å². The molecule has 0 amide bonds. The number of hydrogen-bond acceptors (Lipinski definition) is 1. The Balaban J connectivity index is 1.25. The molecule has 11 aromatic rings. The molecule has 4 heterocycles. The van der Waals surface area contributed by atoms with Crippen LogP contribution in [-0.2, 0) is 0 Å². The molecule has 0 saturated heterocycles. The highest BCUT2D eigenvalue weighted by molar-refractivity contribution is 7.00. The first kappa shape index (κ1) is 34.8. The van der Waals surface area contributed by atoms with Gasteiger partial charge in [0.25, 0.3) is 6.71 Å². The predicted molar refractivity (Wildman–Crippen MR) is 261 cm³/mol. The third-order valence-corrected chi connectivity index (χ3v) is 13.1. The summed E-state index contributed by atoms with van der Waals surface area (Å²) in [6, 6.07) is 84.6. The van der Waals surface area contributed by atoms with Gasteiger partial charge in [0.05, 0.1) is 17.1 Å². The third kappa shape index (κ3) is 5.01. The minimum absolute atomic E-state index is 0.00681. The molecule has 2 aromatic heterocycles. The van der Waals surface area contributed by atoms with Crippen LogP contribution in [0.1, 0.15) is 0 Å². The van der Waals surface area contributed by atoms with Gasteiger partial charge in [-0.2, -0.15) is 0 Å². The first-order chi connectivity index (χ1) is 30.8. The minimum atomic E-state index is -0.00681. The number of fused-ring (bicyclic) bond motifs is 4. The number of nitrogens with zero attached hydrogens (tertiary/aromatic N) is 3. The zero-order chi connectivity index (χ0) is 40.7. The molecule has 13 rings (SSSR count). The molecule has 288 valence electrons. The maximum Gasteiger partial charge on any atom is 0.252 e. The summed E-state index contributed by atoms with van der Waals surface area (Å²) in [4.78, 5) is 2.43. The number of benzene rings is 9. The van der Waals surface area contributed by atoms with Crippen molar-refractivity contribution in [2.75, 3.05) is 4.90 Å². The molecule has 2 aliphatic rings. The molecule has 0 unspecified atom stereocenters. The summed E-state index contributed by atoms with van der Waals surface area (Å²) in [5, 5.41) is 2.52. The van der Waals surface area contributed by atoms with E-state index in [1.807, 2.05) is 0 Å². The van der Waals surface area contributed by atoms with Gasteiger partial charge in [-0.05, 0) is 75.0 Å². The Morgan fingerprint density at radius 1 is 0.323 bits per heavy atom. The topological polar surface area (TPSA) is 13.1 Å². The van der Waals surface area contributed by atoms with Crippen molar-refractivity contribution in [3.8, 4) is 56.1 Å². The van der Waals surface area contributed by atoms with E-state index in [-0.39, 0.29) is 6.71 Å². The van der Waals surface area contributed by atoms with Crippen LogP contribution in [-0.4, -0.2) is 15.8 Å². The van der Waals surface area contributed by atoms with Crippen LogP contribution in [0.25, 0.3) is 77.9 Å². The molecular formula is C58H38BN3. The summed E-state index contributed by atoms with van der Waals surface area (Å²) in [5.41, 5.74) is 21.9. The van der Waals surface area contributed by atoms with Crippen molar-refractivity contribution in [1.29, 1.82) is 0 Å². The Kier molecular flexibility index (Phi) is 7.70. The first-order valence-electron chi connectivity index (χ1n) is 21.5. The van der Waals surface area contributed by atoms with Gasteiger partial charge in [0.1, 0.15) is 0 Å². The van der Waals surface area contributed by atoms with Gasteiger partial charge in [-0.1, -0.05) is 194 Å².